The second kappa shape index (κ2) is 44.7. The summed E-state index contributed by atoms with van der Waals surface area (Å²) in [7, 11) is 0. The lowest BCUT2D eigenvalue weighted by Crippen LogP contribution is -2.49. The number of carbonyl (C=O) groups is 2. The standard InChI is InChI=1S/C52H101NO6S4/c1-7-13-17-21-25-29-39-60-50(61-40-30-26-22-18-14-8-2)35-33-47(54)56-43-52(45-58-49(59-46-52)37-38-53(11-5)12-6)44-57-48(55)34-36-51(62-41-31-27-23-19-15-9-3)63-42-32-28-24-20-16-10-4/h49-51H,7-46H2,1-6H3. The van der Waals surface area contributed by atoms with Crippen LogP contribution in [0.4, 0.5) is 0 Å². The fourth-order valence-electron chi connectivity index (χ4n) is 7.73. The van der Waals surface area contributed by atoms with Gasteiger partial charge in [-0.05, 0) is 74.6 Å². The van der Waals surface area contributed by atoms with Gasteiger partial charge in [0.1, 0.15) is 13.2 Å². The van der Waals surface area contributed by atoms with Crippen molar-refractivity contribution >= 4 is 59.0 Å². The molecule has 1 rings (SSSR count). The molecule has 0 N–H and O–H groups in total. The van der Waals surface area contributed by atoms with Gasteiger partial charge in [0, 0.05) is 25.8 Å². The van der Waals surface area contributed by atoms with Gasteiger partial charge in [-0.15, -0.1) is 47.0 Å². The Balaban J connectivity index is 2.82. The van der Waals surface area contributed by atoms with Gasteiger partial charge in [0.2, 0.25) is 0 Å². The molecule has 374 valence electrons. The van der Waals surface area contributed by atoms with Gasteiger partial charge in [0.15, 0.2) is 6.29 Å². The molecule has 63 heavy (non-hydrogen) atoms. The van der Waals surface area contributed by atoms with Crippen LogP contribution in [0.3, 0.4) is 0 Å². The van der Waals surface area contributed by atoms with Crippen LogP contribution in [-0.2, 0) is 28.5 Å². The summed E-state index contributed by atoms with van der Waals surface area (Å²) in [6.45, 7) is 17.3. The zero-order chi connectivity index (χ0) is 45.9. The molecule has 0 saturated carbocycles. The highest BCUT2D eigenvalue weighted by Gasteiger charge is 2.40. The molecule has 7 nitrogen and oxygen atoms in total. The Morgan fingerprint density at radius 1 is 0.508 bits per heavy atom. The minimum absolute atomic E-state index is 0.132. The first kappa shape index (κ1) is 61.2. The third-order valence-electron chi connectivity index (χ3n) is 12.2. The molecule has 1 saturated heterocycles. The van der Waals surface area contributed by atoms with Crippen LogP contribution in [0.2, 0.25) is 0 Å². The minimum Gasteiger partial charge on any atom is -0.465 e. The van der Waals surface area contributed by atoms with Crippen LogP contribution < -0.4 is 0 Å². The molecule has 1 heterocycles. The molecule has 0 aromatic rings. The van der Waals surface area contributed by atoms with Crippen LogP contribution in [0.15, 0.2) is 0 Å². The molecular weight excluding hydrogens is 863 g/mol. The molecule has 0 atom stereocenters. The number of ether oxygens (including phenoxy) is 4. The van der Waals surface area contributed by atoms with Crippen LogP contribution in [0, 0.1) is 5.41 Å². The Bertz CT molecular complexity index is 917. The van der Waals surface area contributed by atoms with E-state index in [1.807, 2.05) is 47.0 Å². The van der Waals surface area contributed by atoms with Crippen LogP contribution in [0.5, 0.6) is 0 Å². The molecule has 0 unspecified atom stereocenters. The van der Waals surface area contributed by atoms with Gasteiger partial charge < -0.3 is 23.8 Å². The van der Waals surface area contributed by atoms with E-state index in [0.717, 1.165) is 61.9 Å². The first-order valence-corrected chi connectivity index (χ1v) is 30.8. The van der Waals surface area contributed by atoms with Crippen LogP contribution in [0.1, 0.15) is 228 Å². The van der Waals surface area contributed by atoms with Crippen molar-refractivity contribution in [3.63, 3.8) is 0 Å². The molecule has 1 aliphatic heterocycles. The summed E-state index contributed by atoms with van der Waals surface area (Å²) < 4.78 is 25.5. The quantitative estimate of drug-likeness (QED) is 0.0333. The number of thioether (sulfide) groups is 4. The number of nitrogens with zero attached hydrogens (tertiary/aromatic N) is 1. The van der Waals surface area contributed by atoms with Crippen molar-refractivity contribution in [3.05, 3.63) is 0 Å². The summed E-state index contributed by atoms with van der Waals surface area (Å²) >= 11 is 8.16. The molecule has 0 radical (unpaired) electrons. The molecular formula is C52H101NO6S4. The molecule has 1 fully saturated rings. The highest BCUT2D eigenvalue weighted by atomic mass is 32.2. The number of unbranched alkanes of at least 4 members (excludes halogenated alkanes) is 20. The minimum atomic E-state index is -0.714. The number of hydrogen-bond donors (Lipinski definition) is 0. The van der Waals surface area contributed by atoms with Gasteiger partial charge in [-0.25, -0.2) is 0 Å². The van der Waals surface area contributed by atoms with E-state index in [0.29, 0.717) is 35.2 Å². The monoisotopic (exact) mass is 964 g/mol. The van der Waals surface area contributed by atoms with E-state index in [4.69, 9.17) is 18.9 Å². The Morgan fingerprint density at radius 3 is 1.14 bits per heavy atom. The van der Waals surface area contributed by atoms with Crippen molar-refractivity contribution in [2.24, 2.45) is 5.41 Å². The molecule has 0 bridgehead atoms. The van der Waals surface area contributed by atoms with E-state index in [9.17, 15) is 9.59 Å². The zero-order valence-electron chi connectivity index (χ0n) is 42.0. The van der Waals surface area contributed by atoms with Gasteiger partial charge >= 0.3 is 11.9 Å². The lowest BCUT2D eigenvalue weighted by molar-refractivity contribution is -0.250. The maximum atomic E-state index is 13.4. The number of carbonyl (C=O) groups excluding carboxylic acids is 2. The van der Waals surface area contributed by atoms with Crippen molar-refractivity contribution in [2.75, 3.05) is 69.1 Å². The predicted molar refractivity (Wildman–Crippen MR) is 282 cm³/mol. The molecule has 11 heteroatoms. The van der Waals surface area contributed by atoms with E-state index in [1.54, 1.807) is 0 Å². The summed E-state index contributed by atoms with van der Waals surface area (Å²) in [4.78, 5) is 29.2. The number of rotatable bonds is 47. The number of esters is 2. The second-order valence-corrected chi connectivity index (χ2v) is 24.0. The lowest BCUT2D eigenvalue weighted by atomic mass is 9.91. The molecule has 0 aromatic heterocycles. The third-order valence-corrected chi connectivity index (χ3v) is 18.3. The maximum Gasteiger partial charge on any atom is 0.305 e. The van der Waals surface area contributed by atoms with E-state index in [2.05, 4.69) is 46.4 Å². The Kier molecular flexibility index (Phi) is 43.5. The van der Waals surface area contributed by atoms with Crippen molar-refractivity contribution in [2.45, 2.75) is 243 Å². The first-order valence-electron chi connectivity index (χ1n) is 26.6. The van der Waals surface area contributed by atoms with Crippen LogP contribution in [0.25, 0.3) is 0 Å². The molecule has 0 aliphatic carbocycles. The SMILES string of the molecule is CCCCCCCCSC(CCC(=O)OCC1(COC(=O)CCC(SCCCCCCCC)SCCCCCCCC)COC(CCN(CC)CC)OC1)SCCCCCCCC. The van der Waals surface area contributed by atoms with Gasteiger partial charge in [0.05, 0.1) is 27.8 Å². The van der Waals surface area contributed by atoms with Crippen molar-refractivity contribution in [1.29, 1.82) is 0 Å². The summed E-state index contributed by atoms with van der Waals surface area (Å²) in [6, 6.07) is 0. The van der Waals surface area contributed by atoms with E-state index < -0.39 is 5.41 Å². The third kappa shape index (κ3) is 36.0. The first-order chi connectivity index (χ1) is 30.8. The summed E-state index contributed by atoms with van der Waals surface area (Å²) in [5.41, 5.74) is -0.714. The summed E-state index contributed by atoms with van der Waals surface area (Å²) in [5.74, 6) is 4.27. The Morgan fingerprint density at radius 2 is 0.825 bits per heavy atom. The Labute approximate surface area is 407 Å². The topological polar surface area (TPSA) is 74.3 Å². The van der Waals surface area contributed by atoms with Crippen molar-refractivity contribution < 1.29 is 28.5 Å². The maximum absolute atomic E-state index is 13.4. The van der Waals surface area contributed by atoms with Crippen molar-refractivity contribution in [3.8, 4) is 0 Å². The highest BCUT2D eigenvalue weighted by Crippen LogP contribution is 2.33. The fraction of sp³-hybridized carbons (Fsp3) is 0.962. The van der Waals surface area contributed by atoms with Gasteiger partial charge in [-0.1, -0.05) is 170 Å². The van der Waals surface area contributed by atoms with Gasteiger partial charge in [-0.2, -0.15) is 0 Å². The predicted octanol–water partition coefficient (Wildman–Crippen LogP) is 15.8. The van der Waals surface area contributed by atoms with Crippen LogP contribution in [-0.4, -0.2) is 101 Å². The van der Waals surface area contributed by atoms with Crippen LogP contribution >= 0.6 is 47.0 Å². The molecule has 0 amide bonds. The summed E-state index contributed by atoms with van der Waals surface area (Å²) in [6.07, 6.45) is 34.2. The zero-order valence-corrected chi connectivity index (χ0v) is 45.3. The smallest absolute Gasteiger partial charge is 0.305 e. The normalized spacial score (nSPS) is 14.4. The van der Waals surface area contributed by atoms with E-state index in [1.165, 1.54) is 154 Å². The lowest BCUT2D eigenvalue weighted by Gasteiger charge is -2.39. The van der Waals surface area contributed by atoms with Crippen molar-refractivity contribution in [1.82, 2.24) is 4.90 Å². The average molecular weight is 965 g/mol. The second-order valence-electron chi connectivity index (χ2n) is 18.2. The Hall–Kier alpha value is 0.220. The van der Waals surface area contributed by atoms with E-state index >= 15 is 0 Å². The van der Waals surface area contributed by atoms with E-state index in [-0.39, 0.29) is 31.4 Å². The molecule has 0 aromatic carbocycles. The highest BCUT2D eigenvalue weighted by molar-refractivity contribution is 8.17. The number of hydrogen-bond acceptors (Lipinski definition) is 11. The summed E-state index contributed by atoms with van der Waals surface area (Å²) in [5, 5.41) is 0. The molecule has 1 aliphatic rings. The fourth-order valence-corrected chi connectivity index (χ4v) is 13.3. The molecule has 0 spiro atoms. The van der Waals surface area contributed by atoms with Gasteiger partial charge in [0.25, 0.3) is 0 Å². The largest absolute Gasteiger partial charge is 0.465 e. The van der Waals surface area contributed by atoms with Gasteiger partial charge in [-0.3, -0.25) is 9.59 Å². The average Bonchev–Trinajstić information content (AvgIpc) is 3.30.